The molecular weight excluding hydrogens is 298 g/mol. The summed E-state index contributed by atoms with van der Waals surface area (Å²) in [6, 6.07) is 11.4. The van der Waals surface area contributed by atoms with E-state index in [1.807, 2.05) is 0 Å². The fraction of sp³-hybridized carbons (Fsp3) is 0.0714. The van der Waals surface area contributed by atoms with Gasteiger partial charge in [-0.05, 0) is 37.3 Å². The molecule has 0 radical (unpaired) electrons. The number of carbonyl (C=O) groups is 1. The zero-order chi connectivity index (χ0) is 14.7. The highest BCUT2D eigenvalue weighted by Crippen LogP contribution is 2.31. The number of nitrogens with zero attached hydrogens (tertiary/aromatic N) is 1. The quantitative estimate of drug-likeness (QED) is 0.470. The summed E-state index contributed by atoms with van der Waals surface area (Å²) in [5, 5.41) is 11.0. The summed E-state index contributed by atoms with van der Waals surface area (Å²) in [5.74, 6) is -0.0816. The lowest BCUT2D eigenvalue weighted by Gasteiger charge is -2.05. The number of hydrogen-bond acceptors (Lipinski definition) is 4. The predicted octanol–water partition coefficient (Wildman–Crippen LogP) is 4.60. The van der Waals surface area contributed by atoms with Crippen molar-refractivity contribution in [2.45, 2.75) is 16.7 Å². The summed E-state index contributed by atoms with van der Waals surface area (Å²) in [6.07, 6.45) is 0. The zero-order valence-electron chi connectivity index (χ0n) is 10.5. The van der Waals surface area contributed by atoms with E-state index in [0.717, 1.165) is 9.79 Å². The SMILES string of the molecule is CC(=O)c1ccc(Sc2ccc([N+](=O)[O-])cc2)cc1Cl. The van der Waals surface area contributed by atoms with Crippen LogP contribution in [0.5, 0.6) is 0 Å². The Morgan fingerprint density at radius 1 is 1.15 bits per heavy atom. The lowest BCUT2D eigenvalue weighted by atomic mass is 10.1. The molecule has 0 saturated carbocycles. The maximum atomic E-state index is 11.3. The molecule has 0 amide bonds. The van der Waals surface area contributed by atoms with Gasteiger partial charge >= 0.3 is 0 Å². The number of benzene rings is 2. The number of rotatable bonds is 4. The van der Waals surface area contributed by atoms with Crippen molar-refractivity contribution in [2.24, 2.45) is 0 Å². The number of carbonyl (C=O) groups excluding carboxylic acids is 1. The van der Waals surface area contributed by atoms with Gasteiger partial charge in [0.15, 0.2) is 5.78 Å². The standard InChI is InChI=1S/C14H10ClNO3S/c1-9(17)13-7-6-12(8-14(13)15)20-11-4-2-10(3-5-11)16(18)19/h2-8H,1H3. The van der Waals surface area contributed by atoms with E-state index in [1.54, 1.807) is 30.3 Å². The monoisotopic (exact) mass is 307 g/mol. The number of halogens is 1. The van der Waals surface area contributed by atoms with Gasteiger partial charge in [0.05, 0.1) is 9.95 Å². The minimum atomic E-state index is -0.438. The van der Waals surface area contributed by atoms with Crippen LogP contribution in [-0.4, -0.2) is 10.7 Å². The average Bonchev–Trinajstić information content (AvgIpc) is 2.39. The lowest BCUT2D eigenvalue weighted by molar-refractivity contribution is -0.384. The van der Waals surface area contributed by atoms with Crippen LogP contribution < -0.4 is 0 Å². The fourth-order valence-corrected chi connectivity index (χ4v) is 2.85. The van der Waals surface area contributed by atoms with Crippen LogP contribution in [0.1, 0.15) is 17.3 Å². The van der Waals surface area contributed by atoms with Gasteiger partial charge in [0.25, 0.3) is 5.69 Å². The van der Waals surface area contributed by atoms with Crippen molar-refractivity contribution >= 4 is 34.8 Å². The van der Waals surface area contributed by atoms with Gasteiger partial charge in [-0.15, -0.1) is 0 Å². The highest BCUT2D eigenvalue weighted by atomic mass is 35.5. The molecule has 20 heavy (non-hydrogen) atoms. The van der Waals surface area contributed by atoms with E-state index in [-0.39, 0.29) is 11.5 Å². The highest BCUT2D eigenvalue weighted by molar-refractivity contribution is 7.99. The second-order valence-corrected chi connectivity index (χ2v) is 5.61. The van der Waals surface area contributed by atoms with Crippen LogP contribution in [0.4, 0.5) is 5.69 Å². The van der Waals surface area contributed by atoms with E-state index in [4.69, 9.17) is 11.6 Å². The van der Waals surface area contributed by atoms with Crippen LogP contribution in [0.15, 0.2) is 52.3 Å². The van der Waals surface area contributed by atoms with Gasteiger partial charge in [-0.3, -0.25) is 14.9 Å². The van der Waals surface area contributed by atoms with Gasteiger partial charge in [-0.2, -0.15) is 0 Å². The molecule has 6 heteroatoms. The van der Waals surface area contributed by atoms with E-state index < -0.39 is 4.92 Å². The largest absolute Gasteiger partial charge is 0.294 e. The molecule has 0 heterocycles. The van der Waals surface area contributed by atoms with Crippen molar-refractivity contribution in [3.8, 4) is 0 Å². The molecule has 0 atom stereocenters. The molecule has 2 aromatic carbocycles. The summed E-state index contributed by atoms with van der Waals surface area (Å²) in [7, 11) is 0. The number of nitro groups is 1. The Hall–Kier alpha value is -1.85. The van der Waals surface area contributed by atoms with Gasteiger partial charge < -0.3 is 0 Å². The number of nitro benzene ring substituents is 1. The molecule has 0 aliphatic heterocycles. The topological polar surface area (TPSA) is 60.2 Å². The molecular formula is C14H10ClNO3S. The van der Waals surface area contributed by atoms with Crippen LogP contribution in [-0.2, 0) is 0 Å². The Balaban J connectivity index is 2.19. The second-order valence-electron chi connectivity index (χ2n) is 4.05. The molecule has 0 bridgehead atoms. The summed E-state index contributed by atoms with van der Waals surface area (Å²) < 4.78 is 0. The van der Waals surface area contributed by atoms with Gasteiger partial charge in [-0.25, -0.2) is 0 Å². The van der Waals surface area contributed by atoms with E-state index in [0.29, 0.717) is 10.6 Å². The third-order valence-corrected chi connectivity index (χ3v) is 3.91. The number of hydrogen-bond donors (Lipinski definition) is 0. The van der Waals surface area contributed by atoms with Crippen molar-refractivity contribution in [1.82, 2.24) is 0 Å². The zero-order valence-corrected chi connectivity index (χ0v) is 12.1. The highest BCUT2D eigenvalue weighted by Gasteiger charge is 2.08. The predicted molar refractivity (Wildman–Crippen MR) is 78.7 cm³/mol. The minimum Gasteiger partial charge on any atom is -0.294 e. The van der Waals surface area contributed by atoms with Crippen molar-refractivity contribution < 1.29 is 9.72 Å². The van der Waals surface area contributed by atoms with Crippen molar-refractivity contribution in [3.05, 3.63) is 63.2 Å². The van der Waals surface area contributed by atoms with Crippen LogP contribution in [0.3, 0.4) is 0 Å². The molecule has 102 valence electrons. The fourth-order valence-electron chi connectivity index (χ4n) is 1.62. The van der Waals surface area contributed by atoms with Gasteiger partial charge in [0.1, 0.15) is 0 Å². The normalized spacial score (nSPS) is 10.3. The molecule has 4 nitrogen and oxygen atoms in total. The summed E-state index contributed by atoms with van der Waals surface area (Å²) >= 11 is 7.46. The molecule has 2 rings (SSSR count). The van der Waals surface area contributed by atoms with Crippen LogP contribution in [0, 0.1) is 10.1 Å². The Labute approximate surface area is 124 Å². The van der Waals surface area contributed by atoms with Gasteiger partial charge in [0, 0.05) is 27.5 Å². The first-order valence-electron chi connectivity index (χ1n) is 5.70. The Bertz CT molecular complexity index is 671. The lowest BCUT2D eigenvalue weighted by Crippen LogP contribution is -1.92. The first-order valence-corrected chi connectivity index (χ1v) is 6.89. The van der Waals surface area contributed by atoms with Gasteiger partial charge in [0.2, 0.25) is 0 Å². The first kappa shape index (κ1) is 14.6. The maximum Gasteiger partial charge on any atom is 0.269 e. The molecule has 0 fully saturated rings. The second kappa shape index (κ2) is 6.07. The van der Waals surface area contributed by atoms with Crippen molar-refractivity contribution in [3.63, 3.8) is 0 Å². The third kappa shape index (κ3) is 3.37. The Kier molecular flexibility index (Phi) is 4.42. The van der Waals surface area contributed by atoms with E-state index in [9.17, 15) is 14.9 Å². The average molecular weight is 308 g/mol. The van der Waals surface area contributed by atoms with Crippen LogP contribution >= 0.6 is 23.4 Å². The molecule has 0 saturated heterocycles. The number of ketones is 1. The summed E-state index contributed by atoms with van der Waals surface area (Å²) in [6.45, 7) is 1.46. The number of non-ortho nitro benzene ring substituents is 1. The van der Waals surface area contributed by atoms with E-state index in [1.165, 1.54) is 30.8 Å². The Morgan fingerprint density at radius 3 is 2.25 bits per heavy atom. The van der Waals surface area contributed by atoms with Crippen molar-refractivity contribution in [2.75, 3.05) is 0 Å². The van der Waals surface area contributed by atoms with E-state index in [2.05, 4.69) is 0 Å². The molecule has 0 aliphatic carbocycles. The smallest absolute Gasteiger partial charge is 0.269 e. The molecule has 0 N–H and O–H groups in total. The molecule has 0 aliphatic rings. The van der Waals surface area contributed by atoms with Crippen molar-refractivity contribution in [1.29, 1.82) is 0 Å². The van der Waals surface area contributed by atoms with E-state index >= 15 is 0 Å². The maximum absolute atomic E-state index is 11.3. The number of Topliss-reactive ketones (excluding diaryl/α,β-unsaturated/α-hetero) is 1. The van der Waals surface area contributed by atoms with Crippen LogP contribution in [0.25, 0.3) is 0 Å². The molecule has 2 aromatic rings. The first-order chi connectivity index (χ1) is 9.47. The van der Waals surface area contributed by atoms with Crippen LogP contribution in [0.2, 0.25) is 5.02 Å². The minimum absolute atomic E-state index is 0.0549. The Morgan fingerprint density at radius 2 is 1.75 bits per heavy atom. The molecule has 0 aromatic heterocycles. The molecule has 0 unspecified atom stereocenters. The summed E-state index contributed by atoms with van der Waals surface area (Å²) in [4.78, 5) is 23.1. The molecule has 0 spiro atoms. The summed E-state index contributed by atoms with van der Waals surface area (Å²) in [5.41, 5.74) is 0.541. The van der Waals surface area contributed by atoms with Gasteiger partial charge in [-0.1, -0.05) is 23.4 Å². The third-order valence-electron chi connectivity index (χ3n) is 2.60.